The molecule has 0 aliphatic rings. The minimum atomic E-state index is 0.916. The van der Waals surface area contributed by atoms with Gasteiger partial charge in [0.15, 0.2) is 5.16 Å². The Morgan fingerprint density at radius 2 is 2.26 bits per heavy atom. The molecule has 0 saturated heterocycles. The normalized spacial score (nSPS) is 10.9. The number of benzene rings is 1. The summed E-state index contributed by atoms with van der Waals surface area (Å²) < 4.78 is 3.14. The highest BCUT2D eigenvalue weighted by Gasteiger charge is 2.07. The van der Waals surface area contributed by atoms with Crippen LogP contribution in [0.25, 0.3) is 0 Å². The van der Waals surface area contributed by atoms with Crippen molar-refractivity contribution in [1.29, 1.82) is 0 Å². The lowest BCUT2D eigenvalue weighted by Crippen LogP contribution is -2.13. The molecule has 2 rings (SSSR count). The van der Waals surface area contributed by atoms with Gasteiger partial charge in [-0.1, -0.05) is 24.8 Å². The first kappa shape index (κ1) is 14.6. The molecular formula is C14H18BrN3S. The van der Waals surface area contributed by atoms with Crippen molar-refractivity contribution in [3.05, 3.63) is 40.6 Å². The maximum Gasteiger partial charge on any atom is 0.172 e. The largest absolute Gasteiger partial charge is 0.329 e. The Hall–Kier alpha value is -0.780. The minimum absolute atomic E-state index is 0.916. The van der Waals surface area contributed by atoms with Crippen LogP contribution < -0.4 is 5.32 Å². The van der Waals surface area contributed by atoms with Crippen molar-refractivity contribution in [2.45, 2.75) is 29.9 Å². The zero-order valence-electron chi connectivity index (χ0n) is 11.2. The van der Waals surface area contributed by atoms with Gasteiger partial charge in [-0.25, -0.2) is 4.98 Å². The molecule has 1 aromatic carbocycles. The zero-order chi connectivity index (χ0) is 13.7. The second-order valence-electron chi connectivity index (χ2n) is 4.36. The minimum Gasteiger partial charge on any atom is -0.329 e. The third-order valence-corrected chi connectivity index (χ3v) is 4.80. The summed E-state index contributed by atoms with van der Waals surface area (Å²) in [5.41, 5.74) is 1.30. The summed E-state index contributed by atoms with van der Waals surface area (Å²) in [4.78, 5) is 5.52. The van der Waals surface area contributed by atoms with Gasteiger partial charge in [0, 0.05) is 35.4 Å². The van der Waals surface area contributed by atoms with Crippen LogP contribution in [-0.4, -0.2) is 16.1 Å². The fourth-order valence-corrected chi connectivity index (χ4v) is 3.17. The highest BCUT2D eigenvalue weighted by molar-refractivity contribution is 9.10. The number of rotatable bonds is 6. The second kappa shape index (κ2) is 7.12. The van der Waals surface area contributed by atoms with Crippen LogP contribution in [-0.2, 0) is 13.6 Å². The lowest BCUT2D eigenvalue weighted by molar-refractivity contribution is 0.675. The molecule has 0 spiro atoms. The number of nitrogens with one attached hydrogen (secondary N) is 1. The molecule has 5 heteroatoms. The molecule has 0 bridgehead atoms. The first-order valence-corrected chi connectivity index (χ1v) is 7.96. The third-order valence-electron chi connectivity index (χ3n) is 2.73. The number of halogens is 1. The number of nitrogens with zero attached hydrogens (tertiary/aromatic N) is 2. The predicted octanol–water partition coefficient (Wildman–Crippen LogP) is 3.83. The maximum atomic E-state index is 4.33. The Morgan fingerprint density at radius 3 is 2.89 bits per heavy atom. The van der Waals surface area contributed by atoms with Crippen LogP contribution in [0.2, 0.25) is 0 Å². The Labute approximate surface area is 126 Å². The van der Waals surface area contributed by atoms with Gasteiger partial charge in [0.1, 0.15) is 0 Å². The number of hydrogen-bond donors (Lipinski definition) is 1. The molecule has 19 heavy (non-hydrogen) atoms. The Kier molecular flexibility index (Phi) is 5.48. The molecular weight excluding hydrogens is 322 g/mol. The lowest BCUT2D eigenvalue weighted by Gasteiger charge is -2.08. The highest BCUT2D eigenvalue weighted by Crippen LogP contribution is 2.32. The molecule has 0 radical (unpaired) electrons. The van der Waals surface area contributed by atoms with Crippen LogP contribution in [0.15, 0.2) is 45.1 Å². The lowest BCUT2D eigenvalue weighted by atomic mass is 10.2. The fourth-order valence-electron chi connectivity index (χ4n) is 1.70. The zero-order valence-corrected chi connectivity index (χ0v) is 13.6. The average Bonchev–Trinajstić information content (AvgIpc) is 2.79. The van der Waals surface area contributed by atoms with E-state index in [-0.39, 0.29) is 0 Å². The SMILES string of the molecule is CCCNCc1ccc(Sc2nccn2C)c(Br)c1. The number of aromatic nitrogens is 2. The van der Waals surface area contributed by atoms with E-state index in [9.17, 15) is 0 Å². The molecule has 0 unspecified atom stereocenters. The van der Waals surface area contributed by atoms with Gasteiger partial charge in [-0.15, -0.1) is 0 Å². The number of hydrogen-bond acceptors (Lipinski definition) is 3. The molecule has 0 aliphatic heterocycles. The van der Waals surface area contributed by atoms with Gasteiger partial charge in [0.2, 0.25) is 0 Å². The van der Waals surface area contributed by atoms with Crippen LogP contribution in [0.4, 0.5) is 0 Å². The predicted molar refractivity (Wildman–Crippen MR) is 83.5 cm³/mol. The molecule has 0 atom stereocenters. The molecule has 1 heterocycles. The highest BCUT2D eigenvalue weighted by atomic mass is 79.9. The average molecular weight is 340 g/mol. The van der Waals surface area contributed by atoms with E-state index in [2.05, 4.69) is 51.4 Å². The van der Waals surface area contributed by atoms with Crippen LogP contribution in [0.5, 0.6) is 0 Å². The van der Waals surface area contributed by atoms with Crippen molar-refractivity contribution in [3.63, 3.8) is 0 Å². The molecule has 1 aromatic heterocycles. The molecule has 3 nitrogen and oxygen atoms in total. The van der Waals surface area contributed by atoms with Crippen molar-refractivity contribution < 1.29 is 0 Å². The number of aryl methyl sites for hydroxylation is 1. The second-order valence-corrected chi connectivity index (χ2v) is 6.23. The smallest absolute Gasteiger partial charge is 0.172 e. The van der Waals surface area contributed by atoms with E-state index in [4.69, 9.17) is 0 Å². The molecule has 1 N–H and O–H groups in total. The van der Waals surface area contributed by atoms with Crippen molar-refractivity contribution in [2.24, 2.45) is 7.05 Å². The third kappa shape index (κ3) is 4.09. The van der Waals surface area contributed by atoms with Crippen molar-refractivity contribution in [2.75, 3.05) is 6.54 Å². The van der Waals surface area contributed by atoms with Gasteiger partial charge in [-0.3, -0.25) is 0 Å². The van der Waals surface area contributed by atoms with Crippen molar-refractivity contribution >= 4 is 27.7 Å². The van der Waals surface area contributed by atoms with Crippen LogP contribution in [0.3, 0.4) is 0 Å². The van der Waals surface area contributed by atoms with Crippen LogP contribution in [0.1, 0.15) is 18.9 Å². The van der Waals surface area contributed by atoms with E-state index < -0.39 is 0 Å². The molecule has 0 amide bonds. The van der Waals surface area contributed by atoms with E-state index in [1.807, 2.05) is 24.0 Å². The van der Waals surface area contributed by atoms with Crippen LogP contribution >= 0.6 is 27.7 Å². The molecule has 2 aromatic rings. The van der Waals surface area contributed by atoms with Gasteiger partial charge < -0.3 is 9.88 Å². The molecule has 102 valence electrons. The van der Waals surface area contributed by atoms with Gasteiger partial charge >= 0.3 is 0 Å². The van der Waals surface area contributed by atoms with E-state index in [0.29, 0.717) is 0 Å². The molecule has 0 fully saturated rings. The van der Waals surface area contributed by atoms with Gasteiger partial charge in [0.05, 0.1) is 0 Å². The summed E-state index contributed by atoms with van der Waals surface area (Å²) in [6, 6.07) is 6.49. The Balaban J connectivity index is 2.05. The summed E-state index contributed by atoms with van der Waals surface area (Å²) >= 11 is 5.31. The summed E-state index contributed by atoms with van der Waals surface area (Å²) in [5.74, 6) is 0. The van der Waals surface area contributed by atoms with E-state index in [1.54, 1.807) is 11.8 Å². The van der Waals surface area contributed by atoms with E-state index >= 15 is 0 Å². The van der Waals surface area contributed by atoms with E-state index in [1.165, 1.54) is 10.5 Å². The monoisotopic (exact) mass is 339 g/mol. The number of imidazole rings is 1. The summed E-state index contributed by atoms with van der Waals surface area (Å²) in [7, 11) is 2.01. The van der Waals surface area contributed by atoms with Crippen molar-refractivity contribution in [3.8, 4) is 0 Å². The molecule has 0 aliphatic carbocycles. The first-order valence-electron chi connectivity index (χ1n) is 6.35. The fraction of sp³-hybridized carbons (Fsp3) is 0.357. The maximum absolute atomic E-state index is 4.33. The quantitative estimate of drug-likeness (QED) is 0.811. The Bertz CT molecular complexity index is 539. The van der Waals surface area contributed by atoms with E-state index in [0.717, 1.165) is 29.1 Å². The van der Waals surface area contributed by atoms with Crippen LogP contribution in [0, 0.1) is 0 Å². The molecule has 0 saturated carbocycles. The summed E-state index contributed by atoms with van der Waals surface area (Å²) in [6.45, 7) is 4.15. The summed E-state index contributed by atoms with van der Waals surface area (Å²) in [5, 5.41) is 4.41. The van der Waals surface area contributed by atoms with Gasteiger partial charge in [-0.05, 0) is 46.6 Å². The standard InChI is InChI=1S/C14H18BrN3S/c1-3-6-16-10-11-4-5-13(12(15)9-11)19-14-17-7-8-18(14)2/h4-5,7-9,16H,3,6,10H2,1-2H3. The van der Waals surface area contributed by atoms with Crippen molar-refractivity contribution in [1.82, 2.24) is 14.9 Å². The first-order chi connectivity index (χ1) is 9.20. The summed E-state index contributed by atoms with van der Waals surface area (Å²) in [6.07, 6.45) is 4.94. The van der Waals surface area contributed by atoms with Gasteiger partial charge in [-0.2, -0.15) is 0 Å². The Morgan fingerprint density at radius 1 is 1.42 bits per heavy atom. The topological polar surface area (TPSA) is 29.9 Å². The van der Waals surface area contributed by atoms with Gasteiger partial charge in [0.25, 0.3) is 0 Å².